The Balaban J connectivity index is 1.48. The summed E-state index contributed by atoms with van der Waals surface area (Å²) in [6.45, 7) is 9.00. The van der Waals surface area contributed by atoms with Crippen LogP contribution in [0, 0.1) is 20.8 Å². The number of amides is 1. The van der Waals surface area contributed by atoms with Crippen LogP contribution in [0.1, 0.15) is 29.7 Å². The molecule has 4 rings (SSSR count). The Morgan fingerprint density at radius 3 is 2.55 bits per heavy atom. The van der Waals surface area contributed by atoms with Crippen LogP contribution in [0.25, 0.3) is 16.6 Å². The monoisotopic (exact) mass is 444 g/mol. The third-order valence-corrected chi connectivity index (χ3v) is 5.68. The molecule has 0 radical (unpaired) electrons. The highest BCUT2D eigenvalue weighted by molar-refractivity contribution is 5.93. The van der Waals surface area contributed by atoms with Crippen molar-refractivity contribution in [3.8, 4) is 5.69 Å². The molecule has 0 saturated carbocycles. The molecule has 2 heterocycles. The van der Waals surface area contributed by atoms with Crippen molar-refractivity contribution in [1.82, 2.24) is 24.6 Å². The molecule has 2 N–H and O–H groups in total. The standard InChI is InChI=1S/C25H28N6O2/c1-5-30(14-22-26-21-9-7-6-8-20(21)25(33)27-22)15-23(32)28-24-17(3)29-31(18(24)4)19-12-10-16(2)11-13-19/h6-13H,5,14-15H2,1-4H3,(H,28,32)(H,26,27,33). The third kappa shape index (κ3) is 4.85. The van der Waals surface area contributed by atoms with Crippen molar-refractivity contribution in [2.24, 2.45) is 0 Å². The van der Waals surface area contributed by atoms with Gasteiger partial charge in [0.15, 0.2) is 0 Å². The molecule has 1 amide bonds. The lowest BCUT2D eigenvalue weighted by atomic mass is 10.2. The summed E-state index contributed by atoms with van der Waals surface area (Å²) in [5.74, 6) is 0.391. The maximum absolute atomic E-state index is 12.9. The quantitative estimate of drug-likeness (QED) is 0.455. The number of benzene rings is 2. The summed E-state index contributed by atoms with van der Waals surface area (Å²) in [4.78, 5) is 34.5. The molecule has 0 atom stereocenters. The Labute approximate surface area is 192 Å². The van der Waals surface area contributed by atoms with Crippen LogP contribution in [0.5, 0.6) is 0 Å². The van der Waals surface area contributed by atoms with E-state index in [1.54, 1.807) is 6.07 Å². The van der Waals surface area contributed by atoms with E-state index in [4.69, 9.17) is 0 Å². The second-order valence-corrected chi connectivity index (χ2v) is 8.17. The van der Waals surface area contributed by atoms with E-state index in [0.717, 1.165) is 17.1 Å². The van der Waals surface area contributed by atoms with Gasteiger partial charge in [-0.05, 0) is 51.6 Å². The lowest BCUT2D eigenvalue weighted by Gasteiger charge is -2.19. The second-order valence-electron chi connectivity index (χ2n) is 8.17. The average Bonchev–Trinajstić information content (AvgIpc) is 3.07. The van der Waals surface area contributed by atoms with E-state index < -0.39 is 0 Å². The third-order valence-electron chi connectivity index (χ3n) is 5.68. The molecule has 0 fully saturated rings. The van der Waals surface area contributed by atoms with E-state index in [9.17, 15) is 9.59 Å². The van der Waals surface area contributed by atoms with Crippen molar-refractivity contribution < 1.29 is 4.79 Å². The number of carbonyl (C=O) groups is 1. The van der Waals surface area contributed by atoms with Gasteiger partial charge in [0.05, 0.1) is 46.8 Å². The number of fused-ring (bicyclic) bond motifs is 1. The van der Waals surface area contributed by atoms with E-state index in [2.05, 4.69) is 20.4 Å². The molecule has 8 nitrogen and oxygen atoms in total. The topological polar surface area (TPSA) is 95.9 Å². The SMILES string of the molecule is CCN(CC(=O)Nc1c(C)nn(-c2ccc(C)cc2)c1C)Cc1nc2ccccc2c(=O)[nH]1. The van der Waals surface area contributed by atoms with Gasteiger partial charge in [0.1, 0.15) is 5.82 Å². The number of aryl methyl sites for hydroxylation is 2. The van der Waals surface area contributed by atoms with Crippen molar-refractivity contribution in [1.29, 1.82) is 0 Å². The Morgan fingerprint density at radius 2 is 1.82 bits per heavy atom. The van der Waals surface area contributed by atoms with Gasteiger partial charge in [-0.1, -0.05) is 36.8 Å². The highest BCUT2D eigenvalue weighted by atomic mass is 16.2. The summed E-state index contributed by atoms with van der Waals surface area (Å²) in [5, 5.41) is 8.18. The highest BCUT2D eigenvalue weighted by Crippen LogP contribution is 2.23. The highest BCUT2D eigenvalue weighted by Gasteiger charge is 2.17. The van der Waals surface area contributed by atoms with Gasteiger partial charge in [0.2, 0.25) is 5.91 Å². The zero-order valence-corrected chi connectivity index (χ0v) is 19.3. The van der Waals surface area contributed by atoms with E-state index in [1.165, 1.54) is 5.56 Å². The molecule has 0 aliphatic carbocycles. The molecule has 0 aliphatic rings. The number of hydrogen-bond donors (Lipinski definition) is 2. The average molecular weight is 445 g/mol. The van der Waals surface area contributed by atoms with Crippen LogP contribution < -0.4 is 10.9 Å². The summed E-state index contributed by atoms with van der Waals surface area (Å²) in [7, 11) is 0. The number of rotatable bonds is 7. The van der Waals surface area contributed by atoms with Crippen LogP contribution in [0.3, 0.4) is 0 Å². The Morgan fingerprint density at radius 1 is 1.09 bits per heavy atom. The molecule has 0 bridgehead atoms. The second kappa shape index (κ2) is 9.38. The molecular formula is C25H28N6O2. The van der Waals surface area contributed by atoms with Gasteiger partial charge in [-0.3, -0.25) is 14.5 Å². The number of carbonyl (C=O) groups excluding carboxylic acids is 1. The zero-order chi connectivity index (χ0) is 23.5. The molecule has 8 heteroatoms. The predicted molar refractivity (Wildman–Crippen MR) is 130 cm³/mol. The number of aromatic nitrogens is 4. The number of para-hydroxylation sites is 1. The fourth-order valence-corrected chi connectivity index (χ4v) is 3.84. The van der Waals surface area contributed by atoms with Crippen molar-refractivity contribution >= 4 is 22.5 Å². The molecule has 170 valence electrons. The van der Waals surface area contributed by atoms with Gasteiger partial charge in [0, 0.05) is 0 Å². The minimum absolute atomic E-state index is 0.144. The predicted octanol–water partition coefficient (Wildman–Crippen LogP) is 3.49. The Hall–Kier alpha value is -3.78. The van der Waals surface area contributed by atoms with E-state index in [0.29, 0.717) is 35.5 Å². The normalized spacial score (nSPS) is 11.3. The van der Waals surface area contributed by atoms with Gasteiger partial charge in [-0.15, -0.1) is 0 Å². The smallest absolute Gasteiger partial charge is 0.258 e. The first kappa shape index (κ1) is 22.4. The van der Waals surface area contributed by atoms with Gasteiger partial charge >= 0.3 is 0 Å². The molecule has 2 aromatic heterocycles. The van der Waals surface area contributed by atoms with Crippen LogP contribution in [0.2, 0.25) is 0 Å². The summed E-state index contributed by atoms with van der Waals surface area (Å²) in [6, 6.07) is 15.3. The van der Waals surface area contributed by atoms with Gasteiger partial charge in [0.25, 0.3) is 5.56 Å². The van der Waals surface area contributed by atoms with Gasteiger partial charge in [-0.2, -0.15) is 5.10 Å². The molecular weight excluding hydrogens is 416 g/mol. The largest absolute Gasteiger partial charge is 0.322 e. The van der Waals surface area contributed by atoms with Crippen molar-refractivity contribution in [3.05, 3.63) is 81.7 Å². The lowest BCUT2D eigenvalue weighted by molar-refractivity contribution is -0.117. The van der Waals surface area contributed by atoms with Crippen LogP contribution >= 0.6 is 0 Å². The summed E-state index contributed by atoms with van der Waals surface area (Å²) < 4.78 is 1.84. The maximum atomic E-state index is 12.9. The minimum atomic E-state index is -0.175. The number of hydrogen-bond acceptors (Lipinski definition) is 5. The number of nitrogens with one attached hydrogen (secondary N) is 2. The number of anilines is 1. The maximum Gasteiger partial charge on any atom is 0.258 e. The fraction of sp³-hybridized carbons (Fsp3) is 0.280. The fourth-order valence-electron chi connectivity index (χ4n) is 3.84. The minimum Gasteiger partial charge on any atom is -0.322 e. The summed E-state index contributed by atoms with van der Waals surface area (Å²) in [6.07, 6.45) is 0. The van der Waals surface area contributed by atoms with E-state index in [1.807, 2.05) is 79.7 Å². The van der Waals surface area contributed by atoms with Crippen LogP contribution in [-0.2, 0) is 11.3 Å². The van der Waals surface area contributed by atoms with Crippen molar-refractivity contribution in [2.45, 2.75) is 34.2 Å². The molecule has 4 aromatic rings. The molecule has 0 saturated heterocycles. The van der Waals surface area contributed by atoms with E-state index >= 15 is 0 Å². The first-order valence-electron chi connectivity index (χ1n) is 11.0. The summed E-state index contributed by atoms with van der Waals surface area (Å²) >= 11 is 0. The Bertz CT molecular complexity index is 1350. The van der Waals surface area contributed by atoms with E-state index in [-0.39, 0.29) is 18.0 Å². The van der Waals surface area contributed by atoms with Crippen molar-refractivity contribution in [3.63, 3.8) is 0 Å². The number of H-pyrrole nitrogens is 1. The molecule has 33 heavy (non-hydrogen) atoms. The number of likely N-dealkylation sites (N-methyl/N-ethyl adjacent to an activating group) is 1. The van der Waals surface area contributed by atoms with Gasteiger partial charge < -0.3 is 10.3 Å². The van der Waals surface area contributed by atoms with Crippen LogP contribution in [-0.4, -0.2) is 43.6 Å². The molecule has 0 spiro atoms. The summed E-state index contributed by atoms with van der Waals surface area (Å²) in [5.41, 5.74) is 4.93. The lowest BCUT2D eigenvalue weighted by Crippen LogP contribution is -2.34. The Kier molecular flexibility index (Phi) is 6.37. The first-order chi connectivity index (χ1) is 15.9. The molecule has 0 unspecified atom stereocenters. The number of aromatic amines is 1. The zero-order valence-electron chi connectivity index (χ0n) is 19.3. The van der Waals surface area contributed by atoms with Crippen LogP contribution in [0.15, 0.2) is 53.3 Å². The molecule has 2 aromatic carbocycles. The van der Waals surface area contributed by atoms with Gasteiger partial charge in [-0.25, -0.2) is 9.67 Å². The number of nitrogens with zero attached hydrogens (tertiary/aromatic N) is 4. The van der Waals surface area contributed by atoms with Crippen molar-refractivity contribution in [2.75, 3.05) is 18.4 Å². The van der Waals surface area contributed by atoms with Crippen LogP contribution in [0.4, 0.5) is 5.69 Å². The first-order valence-corrected chi connectivity index (χ1v) is 11.0. The molecule has 0 aliphatic heterocycles.